The summed E-state index contributed by atoms with van der Waals surface area (Å²) >= 11 is 0. The number of rotatable bonds is 7. The van der Waals surface area contributed by atoms with Crippen LogP contribution in [-0.2, 0) is 6.42 Å². The van der Waals surface area contributed by atoms with E-state index in [9.17, 15) is 4.79 Å². The molecule has 5 rings (SSSR count). The smallest absolute Gasteiger partial charge is 0.292 e. The van der Waals surface area contributed by atoms with Crippen molar-refractivity contribution in [2.24, 2.45) is 0 Å². The third kappa shape index (κ3) is 5.06. The van der Waals surface area contributed by atoms with Crippen molar-refractivity contribution in [1.82, 2.24) is 15.0 Å². The highest BCUT2D eigenvalue weighted by molar-refractivity contribution is 5.92. The second kappa shape index (κ2) is 10.0. The third-order valence-electron chi connectivity index (χ3n) is 6.25. The van der Waals surface area contributed by atoms with Gasteiger partial charge >= 0.3 is 0 Å². The monoisotopic (exact) mass is 473 g/mol. The van der Waals surface area contributed by atoms with Crippen LogP contribution in [0, 0.1) is 0 Å². The van der Waals surface area contributed by atoms with Gasteiger partial charge in [0, 0.05) is 31.1 Å². The van der Waals surface area contributed by atoms with Crippen LogP contribution in [0.3, 0.4) is 0 Å². The van der Waals surface area contributed by atoms with E-state index in [0.717, 1.165) is 41.2 Å². The first-order valence-corrected chi connectivity index (χ1v) is 11.6. The lowest BCUT2D eigenvalue weighted by Gasteiger charge is -2.30. The summed E-state index contributed by atoms with van der Waals surface area (Å²) in [7, 11) is 3.27. The third-order valence-corrected chi connectivity index (χ3v) is 6.25. The van der Waals surface area contributed by atoms with Crippen LogP contribution in [0.4, 0.5) is 0 Å². The molecule has 1 unspecified atom stereocenters. The van der Waals surface area contributed by atoms with Gasteiger partial charge in [-0.2, -0.15) is 0 Å². The van der Waals surface area contributed by atoms with E-state index in [1.165, 1.54) is 0 Å². The Morgan fingerprint density at radius 3 is 2.71 bits per heavy atom. The van der Waals surface area contributed by atoms with Crippen molar-refractivity contribution in [1.29, 1.82) is 0 Å². The molecule has 1 fully saturated rings. The number of aromatic nitrogens is 2. The van der Waals surface area contributed by atoms with Crippen LogP contribution < -0.4 is 9.47 Å². The van der Waals surface area contributed by atoms with Gasteiger partial charge in [-0.05, 0) is 54.8 Å². The van der Waals surface area contributed by atoms with Gasteiger partial charge in [-0.1, -0.05) is 17.3 Å². The van der Waals surface area contributed by atoms with E-state index in [4.69, 9.17) is 18.4 Å². The van der Waals surface area contributed by atoms with Gasteiger partial charge in [0.2, 0.25) is 5.76 Å². The van der Waals surface area contributed by atoms with E-state index >= 15 is 0 Å². The first-order valence-electron chi connectivity index (χ1n) is 11.6. The number of nitrogens with zero attached hydrogens (tertiary/aromatic N) is 3. The zero-order valence-corrected chi connectivity index (χ0v) is 19.8. The molecule has 0 N–H and O–H groups in total. The lowest BCUT2D eigenvalue weighted by molar-refractivity contribution is 0.0656. The molecule has 0 aliphatic carbocycles. The fraction of sp³-hybridized carbons (Fsp3) is 0.296. The predicted octanol–water partition coefficient (Wildman–Crippen LogP) is 4.96. The summed E-state index contributed by atoms with van der Waals surface area (Å²) in [5.41, 5.74) is 2.55. The van der Waals surface area contributed by atoms with Crippen molar-refractivity contribution >= 4 is 5.91 Å². The number of hydrogen-bond acceptors (Lipinski definition) is 7. The maximum absolute atomic E-state index is 13.1. The van der Waals surface area contributed by atoms with Crippen molar-refractivity contribution in [2.45, 2.75) is 25.2 Å². The Hall–Kier alpha value is -4.07. The number of benzene rings is 2. The topological polar surface area (TPSA) is 90.8 Å². The van der Waals surface area contributed by atoms with E-state index in [1.54, 1.807) is 31.4 Å². The van der Waals surface area contributed by atoms with Gasteiger partial charge in [0.25, 0.3) is 5.91 Å². The quantitative estimate of drug-likeness (QED) is 0.375. The second-order valence-corrected chi connectivity index (χ2v) is 8.59. The minimum atomic E-state index is -0.176. The summed E-state index contributed by atoms with van der Waals surface area (Å²) in [6.07, 6.45) is 4.18. The van der Waals surface area contributed by atoms with Crippen molar-refractivity contribution in [2.75, 3.05) is 27.3 Å². The molecule has 2 aromatic heterocycles. The van der Waals surface area contributed by atoms with Crippen molar-refractivity contribution in [3.05, 3.63) is 83.8 Å². The molecule has 35 heavy (non-hydrogen) atoms. The van der Waals surface area contributed by atoms with Crippen LogP contribution in [0.15, 0.2) is 69.7 Å². The molecule has 4 aromatic rings. The first kappa shape index (κ1) is 22.7. The fourth-order valence-corrected chi connectivity index (χ4v) is 4.37. The highest BCUT2D eigenvalue weighted by Crippen LogP contribution is 2.29. The summed E-state index contributed by atoms with van der Waals surface area (Å²) < 4.78 is 22.0. The SMILES string of the molecule is COc1ccc(-c2cc(C(=O)N3CCCC(c4ncc(Cc5cccc(OC)c5)o4)C3)on2)cc1. The number of methoxy groups -OCH3 is 2. The highest BCUT2D eigenvalue weighted by Gasteiger charge is 2.30. The van der Waals surface area contributed by atoms with E-state index < -0.39 is 0 Å². The van der Waals surface area contributed by atoms with Crippen molar-refractivity contribution < 1.29 is 23.2 Å². The van der Waals surface area contributed by atoms with Crippen LogP contribution in [0.25, 0.3) is 11.3 Å². The Kier molecular flexibility index (Phi) is 6.52. The number of ether oxygens (including phenoxy) is 2. The molecule has 8 heteroatoms. The second-order valence-electron chi connectivity index (χ2n) is 8.59. The van der Waals surface area contributed by atoms with E-state index in [2.05, 4.69) is 10.1 Å². The lowest BCUT2D eigenvalue weighted by atomic mass is 9.97. The molecule has 180 valence electrons. The van der Waals surface area contributed by atoms with Crippen LogP contribution in [0.5, 0.6) is 11.5 Å². The predicted molar refractivity (Wildman–Crippen MR) is 129 cm³/mol. The summed E-state index contributed by atoms with van der Waals surface area (Å²) in [5, 5.41) is 4.09. The van der Waals surface area contributed by atoms with Crippen molar-refractivity contribution in [3.63, 3.8) is 0 Å². The zero-order chi connectivity index (χ0) is 24.2. The summed E-state index contributed by atoms with van der Waals surface area (Å²) in [4.78, 5) is 19.4. The fourth-order valence-electron chi connectivity index (χ4n) is 4.37. The molecule has 1 atom stereocenters. The average molecular weight is 474 g/mol. The van der Waals surface area contributed by atoms with Crippen LogP contribution in [-0.4, -0.2) is 48.3 Å². The van der Waals surface area contributed by atoms with Gasteiger partial charge in [0.1, 0.15) is 23.0 Å². The average Bonchev–Trinajstić information content (AvgIpc) is 3.59. The number of likely N-dealkylation sites (tertiary alicyclic amines) is 1. The van der Waals surface area contributed by atoms with Crippen LogP contribution >= 0.6 is 0 Å². The molecule has 8 nitrogen and oxygen atoms in total. The maximum atomic E-state index is 13.1. The van der Waals surface area contributed by atoms with Gasteiger partial charge < -0.3 is 23.3 Å². The van der Waals surface area contributed by atoms with Gasteiger partial charge in [-0.25, -0.2) is 4.98 Å². The van der Waals surface area contributed by atoms with Gasteiger partial charge in [0.15, 0.2) is 5.89 Å². The molecule has 3 heterocycles. The molecule has 0 bridgehead atoms. The number of hydrogen-bond donors (Lipinski definition) is 0. The Bertz CT molecular complexity index is 1290. The molecular formula is C27H27N3O5. The highest BCUT2D eigenvalue weighted by atomic mass is 16.5. The molecule has 0 spiro atoms. The van der Waals surface area contributed by atoms with Gasteiger partial charge in [-0.3, -0.25) is 4.79 Å². The Morgan fingerprint density at radius 1 is 1.09 bits per heavy atom. The van der Waals surface area contributed by atoms with E-state index in [-0.39, 0.29) is 17.6 Å². The molecule has 1 saturated heterocycles. The maximum Gasteiger partial charge on any atom is 0.292 e. The summed E-state index contributed by atoms with van der Waals surface area (Å²) in [6.45, 7) is 1.18. The molecule has 1 amide bonds. The lowest BCUT2D eigenvalue weighted by Crippen LogP contribution is -2.39. The first-order chi connectivity index (χ1) is 17.1. The number of carbonyl (C=O) groups is 1. The molecule has 0 radical (unpaired) electrons. The number of oxazole rings is 1. The largest absolute Gasteiger partial charge is 0.497 e. The normalized spacial score (nSPS) is 15.7. The van der Waals surface area contributed by atoms with Gasteiger partial charge in [0.05, 0.1) is 26.3 Å². The zero-order valence-electron chi connectivity index (χ0n) is 19.8. The van der Waals surface area contributed by atoms with E-state index in [0.29, 0.717) is 31.1 Å². The molecule has 1 aliphatic rings. The standard InChI is InChI=1S/C27H27N3O5/c1-32-21-10-8-19(9-11-21)24-15-25(35-29-24)27(31)30-12-4-6-20(17-30)26-28-16-23(34-26)14-18-5-3-7-22(13-18)33-2/h3,5,7-11,13,15-16,20H,4,6,12,14,17H2,1-2H3. The Labute approximate surface area is 203 Å². The van der Waals surface area contributed by atoms with Crippen LogP contribution in [0.1, 0.15) is 46.5 Å². The van der Waals surface area contributed by atoms with E-state index in [1.807, 2.05) is 48.5 Å². The number of amides is 1. The molecule has 0 saturated carbocycles. The van der Waals surface area contributed by atoms with Gasteiger partial charge in [-0.15, -0.1) is 0 Å². The molecule has 1 aliphatic heterocycles. The molecule has 2 aromatic carbocycles. The number of carbonyl (C=O) groups excluding carboxylic acids is 1. The Morgan fingerprint density at radius 2 is 1.91 bits per heavy atom. The number of piperidine rings is 1. The summed E-state index contributed by atoms with van der Waals surface area (Å²) in [6, 6.07) is 17.0. The minimum absolute atomic E-state index is 0.0377. The Balaban J connectivity index is 1.24. The van der Waals surface area contributed by atoms with Crippen LogP contribution in [0.2, 0.25) is 0 Å². The molecular weight excluding hydrogens is 446 g/mol. The van der Waals surface area contributed by atoms with Crippen molar-refractivity contribution in [3.8, 4) is 22.8 Å². The summed E-state index contributed by atoms with van der Waals surface area (Å²) in [5.74, 6) is 3.11. The minimum Gasteiger partial charge on any atom is -0.497 e.